The maximum absolute atomic E-state index is 11.7. The van der Waals surface area contributed by atoms with Gasteiger partial charge in [-0.3, -0.25) is 4.79 Å². The number of ether oxygens (including phenoxy) is 1. The lowest BCUT2D eigenvalue weighted by Gasteiger charge is -2.19. The van der Waals surface area contributed by atoms with Gasteiger partial charge in [0.15, 0.2) is 6.10 Å². The molecule has 3 N–H and O–H groups in total. The third kappa shape index (κ3) is 4.18. The fourth-order valence-electron chi connectivity index (χ4n) is 1.95. The molecule has 1 rings (SSSR count). The molecule has 0 saturated carbocycles. The zero-order valence-corrected chi connectivity index (χ0v) is 13.7. The minimum atomic E-state index is -3.80. The van der Waals surface area contributed by atoms with Crippen molar-refractivity contribution >= 4 is 15.9 Å². The van der Waals surface area contributed by atoms with Crippen molar-refractivity contribution in [3.05, 3.63) is 23.3 Å². The summed E-state index contributed by atoms with van der Waals surface area (Å²) >= 11 is 0. The van der Waals surface area contributed by atoms with E-state index in [1.165, 1.54) is 13.1 Å². The standard InChI is InChI=1S/C14H22N2O4S/c1-8(2)11-7-12(20-10(4)14(17)16-5)9(3)6-13(11)21(15,18)19/h6-8,10H,1-5H3,(H,16,17)(H2,15,18,19). The molecule has 21 heavy (non-hydrogen) atoms. The summed E-state index contributed by atoms with van der Waals surface area (Å²) in [5.74, 6) is 0.176. The predicted octanol–water partition coefficient (Wildman–Crippen LogP) is 1.28. The number of sulfonamides is 1. The first kappa shape index (κ1) is 17.5. The largest absolute Gasteiger partial charge is 0.481 e. The molecule has 1 aromatic rings. The number of likely N-dealkylation sites (N-methyl/N-ethyl adjacent to an activating group) is 1. The van der Waals surface area contributed by atoms with E-state index in [1.54, 1.807) is 19.9 Å². The van der Waals surface area contributed by atoms with Gasteiger partial charge in [-0.25, -0.2) is 13.6 Å². The van der Waals surface area contributed by atoms with E-state index in [0.29, 0.717) is 16.9 Å². The predicted molar refractivity (Wildman–Crippen MR) is 80.8 cm³/mol. The number of amides is 1. The molecule has 1 aromatic carbocycles. The third-order valence-corrected chi connectivity index (χ3v) is 4.12. The lowest BCUT2D eigenvalue weighted by Crippen LogP contribution is -2.34. The Hall–Kier alpha value is -1.60. The van der Waals surface area contributed by atoms with Gasteiger partial charge < -0.3 is 10.1 Å². The van der Waals surface area contributed by atoms with Gasteiger partial charge in [-0.1, -0.05) is 13.8 Å². The van der Waals surface area contributed by atoms with Crippen LogP contribution in [0.3, 0.4) is 0 Å². The van der Waals surface area contributed by atoms with E-state index in [-0.39, 0.29) is 16.7 Å². The van der Waals surface area contributed by atoms with Crippen LogP contribution in [-0.4, -0.2) is 27.5 Å². The van der Waals surface area contributed by atoms with E-state index >= 15 is 0 Å². The van der Waals surface area contributed by atoms with Gasteiger partial charge in [-0.05, 0) is 43.0 Å². The summed E-state index contributed by atoms with van der Waals surface area (Å²) in [5, 5.41) is 7.75. The Morgan fingerprint density at radius 1 is 1.29 bits per heavy atom. The molecule has 0 bridgehead atoms. The van der Waals surface area contributed by atoms with Gasteiger partial charge in [0.2, 0.25) is 10.0 Å². The van der Waals surface area contributed by atoms with Crippen LogP contribution >= 0.6 is 0 Å². The first-order valence-electron chi connectivity index (χ1n) is 6.63. The van der Waals surface area contributed by atoms with Crippen molar-refractivity contribution in [3.63, 3.8) is 0 Å². The van der Waals surface area contributed by atoms with Crippen molar-refractivity contribution in [2.24, 2.45) is 5.14 Å². The average molecular weight is 314 g/mol. The molecule has 7 heteroatoms. The van der Waals surface area contributed by atoms with Crippen LogP contribution in [0.4, 0.5) is 0 Å². The second-order valence-electron chi connectivity index (χ2n) is 5.23. The van der Waals surface area contributed by atoms with Crippen LogP contribution in [0.25, 0.3) is 0 Å². The SMILES string of the molecule is CNC(=O)C(C)Oc1cc(C(C)C)c(S(N)(=O)=O)cc1C. The van der Waals surface area contributed by atoms with Crippen LogP contribution in [0.1, 0.15) is 37.8 Å². The Balaban J connectivity index is 3.32. The van der Waals surface area contributed by atoms with Gasteiger partial charge >= 0.3 is 0 Å². The van der Waals surface area contributed by atoms with Gasteiger partial charge in [0.1, 0.15) is 5.75 Å². The second-order valence-corrected chi connectivity index (χ2v) is 6.76. The molecule has 0 aliphatic carbocycles. The first-order valence-corrected chi connectivity index (χ1v) is 8.18. The first-order chi connectivity index (χ1) is 9.57. The normalized spacial score (nSPS) is 13.1. The Kier molecular flexibility index (Phi) is 5.36. The molecule has 1 amide bonds. The number of rotatable bonds is 5. The van der Waals surface area contributed by atoms with Crippen LogP contribution in [0, 0.1) is 6.92 Å². The molecular formula is C14H22N2O4S. The number of nitrogens with one attached hydrogen (secondary N) is 1. The topological polar surface area (TPSA) is 98.5 Å². The Morgan fingerprint density at radius 3 is 2.29 bits per heavy atom. The molecule has 0 aliphatic rings. The van der Waals surface area contributed by atoms with Crippen LogP contribution in [0.5, 0.6) is 5.75 Å². The summed E-state index contributed by atoms with van der Waals surface area (Å²) in [5.41, 5.74) is 1.18. The second kappa shape index (κ2) is 6.44. The highest BCUT2D eigenvalue weighted by Crippen LogP contribution is 2.31. The van der Waals surface area contributed by atoms with E-state index in [4.69, 9.17) is 9.88 Å². The number of aryl methyl sites for hydroxylation is 1. The third-order valence-electron chi connectivity index (χ3n) is 3.16. The minimum absolute atomic E-state index is 0.0448. The van der Waals surface area contributed by atoms with E-state index in [1.807, 2.05) is 13.8 Å². The van der Waals surface area contributed by atoms with Gasteiger partial charge in [0.05, 0.1) is 4.90 Å². The molecule has 0 aromatic heterocycles. The van der Waals surface area contributed by atoms with Gasteiger partial charge in [-0.15, -0.1) is 0 Å². The van der Waals surface area contributed by atoms with E-state index in [9.17, 15) is 13.2 Å². The van der Waals surface area contributed by atoms with Crippen molar-refractivity contribution in [1.29, 1.82) is 0 Å². The van der Waals surface area contributed by atoms with Crippen LogP contribution in [-0.2, 0) is 14.8 Å². The van der Waals surface area contributed by atoms with Gasteiger partial charge in [0, 0.05) is 7.05 Å². The molecule has 0 saturated heterocycles. The van der Waals surface area contributed by atoms with Crippen molar-refractivity contribution in [2.45, 2.75) is 44.6 Å². The quantitative estimate of drug-likeness (QED) is 0.855. The molecule has 0 aliphatic heterocycles. The van der Waals surface area contributed by atoms with E-state index < -0.39 is 16.1 Å². The fourth-order valence-corrected chi connectivity index (χ4v) is 2.91. The number of hydrogen-bond acceptors (Lipinski definition) is 4. The minimum Gasteiger partial charge on any atom is -0.481 e. The summed E-state index contributed by atoms with van der Waals surface area (Å²) in [7, 11) is -2.28. The molecule has 0 heterocycles. The maximum Gasteiger partial charge on any atom is 0.260 e. The Bertz CT molecular complexity index is 639. The summed E-state index contributed by atoms with van der Waals surface area (Å²) in [6, 6.07) is 3.12. The summed E-state index contributed by atoms with van der Waals surface area (Å²) in [6.07, 6.45) is -0.672. The highest BCUT2D eigenvalue weighted by Gasteiger charge is 2.21. The number of carbonyl (C=O) groups excluding carboxylic acids is 1. The molecule has 1 atom stereocenters. The Labute approximate surface area is 125 Å². The monoisotopic (exact) mass is 314 g/mol. The van der Waals surface area contributed by atoms with Crippen LogP contribution < -0.4 is 15.2 Å². The fraction of sp³-hybridized carbons (Fsp3) is 0.500. The zero-order chi connectivity index (χ0) is 16.4. The lowest BCUT2D eigenvalue weighted by atomic mass is 10.0. The molecule has 118 valence electrons. The van der Waals surface area contributed by atoms with Crippen LogP contribution in [0.15, 0.2) is 17.0 Å². The van der Waals surface area contributed by atoms with Crippen molar-refractivity contribution in [2.75, 3.05) is 7.05 Å². The number of primary sulfonamides is 1. The molecule has 1 unspecified atom stereocenters. The lowest BCUT2D eigenvalue weighted by molar-refractivity contribution is -0.126. The summed E-state index contributed by atoms with van der Waals surface area (Å²) in [4.78, 5) is 11.6. The average Bonchev–Trinajstić information content (AvgIpc) is 2.37. The Morgan fingerprint density at radius 2 is 1.86 bits per heavy atom. The number of carbonyl (C=O) groups is 1. The van der Waals surface area contributed by atoms with Crippen molar-refractivity contribution in [1.82, 2.24) is 5.32 Å². The van der Waals surface area contributed by atoms with Crippen LogP contribution in [0.2, 0.25) is 0 Å². The number of nitrogens with two attached hydrogens (primary N) is 1. The molecule has 6 nitrogen and oxygen atoms in total. The molecule has 0 fully saturated rings. The smallest absolute Gasteiger partial charge is 0.260 e. The van der Waals surface area contributed by atoms with Gasteiger partial charge in [-0.2, -0.15) is 0 Å². The highest BCUT2D eigenvalue weighted by atomic mass is 32.2. The zero-order valence-electron chi connectivity index (χ0n) is 12.9. The van der Waals surface area contributed by atoms with Gasteiger partial charge in [0.25, 0.3) is 5.91 Å². The van der Waals surface area contributed by atoms with Crippen molar-refractivity contribution in [3.8, 4) is 5.75 Å². The number of hydrogen-bond donors (Lipinski definition) is 2. The summed E-state index contributed by atoms with van der Waals surface area (Å²) < 4.78 is 29.0. The summed E-state index contributed by atoms with van der Waals surface area (Å²) in [6.45, 7) is 7.07. The van der Waals surface area contributed by atoms with E-state index in [0.717, 1.165) is 0 Å². The maximum atomic E-state index is 11.7. The van der Waals surface area contributed by atoms with E-state index in [2.05, 4.69) is 5.32 Å². The highest BCUT2D eigenvalue weighted by molar-refractivity contribution is 7.89. The molecular weight excluding hydrogens is 292 g/mol. The van der Waals surface area contributed by atoms with Crippen molar-refractivity contribution < 1.29 is 17.9 Å². The number of benzene rings is 1. The molecule has 0 radical (unpaired) electrons. The molecule has 0 spiro atoms.